The van der Waals surface area contributed by atoms with E-state index in [2.05, 4.69) is 10.6 Å². The van der Waals surface area contributed by atoms with Crippen molar-refractivity contribution < 1.29 is 27.9 Å². The summed E-state index contributed by atoms with van der Waals surface area (Å²) in [5.74, 6) is -2.47. The minimum absolute atomic E-state index is 0.0348. The van der Waals surface area contributed by atoms with Crippen molar-refractivity contribution in [2.75, 3.05) is 0 Å². The number of amides is 2. The first-order valence-corrected chi connectivity index (χ1v) is 8.46. The van der Waals surface area contributed by atoms with Crippen LogP contribution in [0.5, 0.6) is 0 Å². The fourth-order valence-electron chi connectivity index (χ4n) is 2.82. The minimum atomic E-state index is -4.42. The summed E-state index contributed by atoms with van der Waals surface area (Å²) in [4.78, 5) is 24.3. The Morgan fingerprint density at radius 3 is 2.60 bits per heavy atom. The molecule has 0 spiro atoms. The standard InChI is InChI=1S/C16H15F3N2O3S/c17-16(18,19)9-3-1-8(2-4-9)7-20-14(23)11-12(22)13-10(5-6-25-13)21-15(11)24/h1-6,10-13,22H,7H2,(H,20,23)(H,21,24). The van der Waals surface area contributed by atoms with Crippen molar-refractivity contribution in [1.82, 2.24) is 10.6 Å². The highest BCUT2D eigenvalue weighted by Gasteiger charge is 2.47. The smallest absolute Gasteiger partial charge is 0.390 e. The predicted octanol–water partition coefficient (Wildman–Crippen LogP) is 1.43. The third-order valence-corrected chi connectivity index (χ3v) is 5.38. The Morgan fingerprint density at radius 1 is 1.28 bits per heavy atom. The number of aliphatic hydroxyl groups excluding tert-OH is 1. The Morgan fingerprint density at radius 2 is 1.96 bits per heavy atom. The van der Waals surface area contributed by atoms with Crippen molar-refractivity contribution >= 4 is 23.6 Å². The number of fused-ring (bicyclic) bond motifs is 1. The molecule has 2 aliphatic heterocycles. The number of halogens is 3. The number of hydrogen-bond acceptors (Lipinski definition) is 4. The van der Waals surface area contributed by atoms with Crippen LogP contribution in [-0.2, 0) is 22.3 Å². The van der Waals surface area contributed by atoms with Crippen molar-refractivity contribution in [2.24, 2.45) is 5.92 Å². The Kier molecular flexibility index (Phi) is 4.79. The minimum Gasteiger partial charge on any atom is -0.390 e. The van der Waals surface area contributed by atoms with Gasteiger partial charge in [-0.2, -0.15) is 13.2 Å². The van der Waals surface area contributed by atoms with Gasteiger partial charge in [0.25, 0.3) is 0 Å². The lowest BCUT2D eigenvalue weighted by Gasteiger charge is -2.35. The maximum Gasteiger partial charge on any atom is 0.416 e. The van der Waals surface area contributed by atoms with E-state index < -0.39 is 35.6 Å². The van der Waals surface area contributed by atoms with Crippen molar-refractivity contribution in [2.45, 2.75) is 30.1 Å². The van der Waals surface area contributed by atoms with Gasteiger partial charge in [0.15, 0.2) is 0 Å². The summed E-state index contributed by atoms with van der Waals surface area (Å²) in [5, 5.41) is 16.9. The molecule has 0 aromatic heterocycles. The second-order valence-electron chi connectivity index (χ2n) is 5.84. The van der Waals surface area contributed by atoms with E-state index in [1.54, 1.807) is 11.5 Å². The third-order valence-electron chi connectivity index (χ3n) is 4.18. The van der Waals surface area contributed by atoms with Gasteiger partial charge in [0, 0.05) is 6.54 Å². The number of alkyl halides is 3. The molecule has 0 saturated carbocycles. The first-order valence-electron chi connectivity index (χ1n) is 7.52. The summed E-state index contributed by atoms with van der Waals surface area (Å²) < 4.78 is 37.6. The second kappa shape index (κ2) is 6.72. The molecule has 1 fully saturated rings. The van der Waals surface area contributed by atoms with E-state index in [4.69, 9.17) is 0 Å². The lowest BCUT2D eigenvalue weighted by molar-refractivity contribution is -0.143. The monoisotopic (exact) mass is 372 g/mol. The average molecular weight is 372 g/mol. The third kappa shape index (κ3) is 3.67. The number of aliphatic hydroxyl groups is 1. The summed E-state index contributed by atoms with van der Waals surface area (Å²) in [6, 6.07) is 4.07. The molecule has 1 aromatic carbocycles. The number of rotatable bonds is 3. The van der Waals surface area contributed by atoms with Crippen LogP contribution < -0.4 is 10.6 Å². The van der Waals surface area contributed by atoms with E-state index in [-0.39, 0.29) is 17.8 Å². The summed E-state index contributed by atoms with van der Waals surface area (Å²) in [5.41, 5.74) is -0.316. The maximum atomic E-state index is 12.5. The van der Waals surface area contributed by atoms with E-state index in [1.807, 2.05) is 0 Å². The predicted molar refractivity (Wildman–Crippen MR) is 85.2 cm³/mol. The number of benzene rings is 1. The van der Waals surface area contributed by atoms with Crippen molar-refractivity contribution in [3.05, 3.63) is 46.9 Å². The topological polar surface area (TPSA) is 78.4 Å². The largest absolute Gasteiger partial charge is 0.416 e. The van der Waals surface area contributed by atoms with Gasteiger partial charge in [0.2, 0.25) is 11.8 Å². The van der Waals surface area contributed by atoms with E-state index in [9.17, 15) is 27.9 Å². The Hall–Kier alpha value is -2.00. The van der Waals surface area contributed by atoms with Gasteiger partial charge in [-0.05, 0) is 23.1 Å². The molecular weight excluding hydrogens is 357 g/mol. The highest BCUT2D eigenvalue weighted by Crippen LogP contribution is 2.34. The summed E-state index contributed by atoms with van der Waals surface area (Å²) >= 11 is 1.34. The van der Waals surface area contributed by atoms with Crippen LogP contribution in [0.1, 0.15) is 11.1 Å². The molecular formula is C16H15F3N2O3S. The lowest BCUT2D eigenvalue weighted by Crippen LogP contribution is -2.60. The number of carbonyl (C=O) groups excluding carboxylic acids is 2. The molecule has 4 unspecified atom stereocenters. The molecule has 4 atom stereocenters. The molecule has 3 N–H and O–H groups in total. The van der Waals surface area contributed by atoms with Crippen LogP contribution in [-0.4, -0.2) is 34.3 Å². The van der Waals surface area contributed by atoms with E-state index in [0.717, 1.165) is 12.1 Å². The fourth-order valence-corrected chi connectivity index (χ4v) is 3.91. The Labute approximate surface area is 145 Å². The number of hydrogen-bond donors (Lipinski definition) is 3. The number of thioether (sulfide) groups is 1. The van der Waals surface area contributed by atoms with Crippen LogP contribution in [0.2, 0.25) is 0 Å². The van der Waals surface area contributed by atoms with Gasteiger partial charge in [-0.15, -0.1) is 11.8 Å². The van der Waals surface area contributed by atoms with Gasteiger partial charge in [0.1, 0.15) is 5.92 Å². The number of nitrogens with one attached hydrogen (secondary N) is 2. The molecule has 9 heteroatoms. The molecule has 0 bridgehead atoms. The van der Waals surface area contributed by atoms with E-state index in [1.165, 1.54) is 23.9 Å². The van der Waals surface area contributed by atoms with Crippen LogP contribution in [0.25, 0.3) is 0 Å². The molecule has 0 radical (unpaired) electrons. The summed E-state index contributed by atoms with van der Waals surface area (Å²) in [7, 11) is 0. The van der Waals surface area contributed by atoms with Gasteiger partial charge in [-0.3, -0.25) is 9.59 Å². The van der Waals surface area contributed by atoms with Crippen molar-refractivity contribution in [3.8, 4) is 0 Å². The van der Waals surface area contributed by atoms with Gasteiger partial charge in [-0.25, -0.2) is 0 Å². The van der Waals surface area contributed by atoms with Gasteiger partial charge < -0.3 is 15.7 Å². The highest BCUT2D eigenvalue weighted by molar-refractivity contribution is 8.03. The van der Waals surface area contributed by atoms with E-state index >= 15 is 0 Å². The number of carbonyl (C=O) groups is 2. The molecule has 2 amide bonds. The lowest BCUT2D eigenvalue weighted by atomic mass is 9.89. The summed E-state index contributed by atoms with van der Waals surface area (Å²) in [6.45, 7) is -0.0348. The van der Waals surface area contributed by atoms with Crippen LogP contribution in [0.4, 0.5) is 13.2 Å². The van der Waals surface area contributed by atoms with Gasteiger partial charge >= 0.3 is 6.18 Å². The molecule has 25 heavy (non-hydrogen) atoms. The van der Waals surface area contributed by atoms with E-state index in [0.29, 0.717) is 5.56 Å². The van der Waals surface area contributed by atoms with Gasteiger partial charge in [0.05, 0.1) is 23.0 Å². The molecule has 3 rings (SSSR count). The summed E-state index contributed by atoms with van der Waals surface area (Å²) in [6.07, 6.45) is -3.80. The van der Waals surface area contributed by atoms with Crippen molar-refractivity contribution in [1.29, 1.82) is 0 Å². The average Bonchev–Trinajstić information content (AvgIpc) is 3.01. The van der Waals surface area contributed by atoms with Crippen LogP contribution >= 0.6 is 11.8 Å². The maximum absolute atomic E-state index is 12.5. The molecule has 1 aromatic rings. The zero-order valence-corrected chi connectivity index (χ0v) is 13.6. The first-order chi connectivity index (χ1) is 11.8. The molecule has 0 aliphatic carbocycles. The second-order valence-corrected chi connectivity index (χ2v) is 6.93. The van der Waals surface area contributed by atoms with Crippen LogP contribution in [0.3, 0.4) is 0 Å². The SMILES string of the molecule is O=C(NCc1ccc(C(F)(F)F)cc1)C1C(=O)NC2C=CSC2C1O. The Bertz CT molecular complexity index is 706. The highest BCUT2D eigenvalue weighted by atomic mass is 32.2. The number of piperidine rings is 1. The zero-order chi connectivity index (χ0) is 18.2. The van der Waals surface area contributed by atoms with Crippen LogP contribution in [0, 0.1) is 5.92 Å². The molecule has 5 nitrogen and oxygen atoms in total. The Balaban J connectivity index is 1.61. The quantitative estimate of drug-likeness (QED) is 0.702. The molecule has 2 heterocycles. The van der Waals surface area contributed by atoms with Crippen LogP contribution in [0.15, 0.2) is 35.7 Å². The molecule has 134 valence electrons. The first kappa shape index (κ1) is 17.8. The zero-order valence-electron chi connectivity index (χ0n) is 12.8. The molecule has 2 aliphatic rings. The fraction of sp³-hybridized carbons (Fsp3) is 0.375. The normalized spacial score (nSPS) is 28.4. The van der Waals surface area contributed by atoms with Gasteiger partial charge in [-0.1, -0.05) is 18.2 Å². The van der Waals surface area contributed by atoms with Crippen molar-refractivity contribution in [3.63, 3.8) is 0 Å². The molecule has 1 saturated heterocycles.